The van der Waals surface area contributed by atoms with Gasteiger partial charge in [0.2, 0.25) is 5.89 Å². The van der Waals surface area contributed by atoms with Gasteiger partial charge in [0.15, 0.2) is 5.82 Å². The van der Waals surface area contributed by atoms with Gasteiger partial charge in [0, 0.05) is 12.5 Å². The third-order valence-electron chi connectivity index (χ3n) is 2.76. The predicted molar refractivity (Wildman–Crippen MR) is 66.4 cm³/mol. The molecule has 0 spiro atoms. The average molecular weight is 313 g/mol. The van der Waals surface area contributed by atoms with E-state index in [-0.39, 0.29) is 11.9 Å². The first-order chi connectivity index (χ1) is 9.89. The third-order valence-corrected chi connectivity index (χ3v) is 2.76. The van der Waals surface area contributed by atoms with Crippen molar-refractivity contribution in [3.8, 4) is 0 Å². The SMILES string of the molecule is CCNC(CC)Cc1nc(COCC(F)(F)C(F)F)no1. The fraction of sp³-hybridized carbons (Fsp3) is 0.833. The summed E-state index contributed by atoms with van der Waals surface area (Å²) in [7, 11) is 0. The minimum atomic E-state index is -4.18. The van der Waals surface area contributed by atoms with Crippen LogP contribution in [0.15, 0.2) is 4.52 Å². The zero-order chi connectivity index (χ0) is 15.9. The van der Waals surface area contributed by atoms with Crippen molar-refractivity contribution in [2.45, 2.75) is 51.7 Å². The Bertz CT molecular complexity index is 415. The maximum absolute atomic E-state index is 12.6. The summed E-state index contributed by atoms with van der Waals surface area (Å²) in [5, 5.41) is 6.78. The molecular weight excluding hydrogens is 294 g/mol. The number of rotatable bonds is 10. The Morgan fingerprint density at radius 2 is 2.05 bits per heavy atom. The van der Waals surface area contributed by atoms with Gasteiger partial charge in [-0.3, -0.25) is 0 Å². The van der Waals surface area contributed by atoms with E-state index in [2.05, 4.69) is 20.2 Å². The smallest absolute Gasteiger partial charge is 0.330 e. The molecule has 1 aromatic rings. The Morgan fingerprint density at radius 1 is 1.33 bits per heavy atom. The van der Waals surface area contributed by atoms with Crippen LogP contribution < -0.4 is 5.32 Å². The minimum Gasteiger partial charge on any atom is -0.367 e. The summed E-state index contributed by atoms with van der Waals surface area (Å²) in [6, 6.07) is 0.174. The van der Waals surface area contributed by atoms with Crippen LogP contribution in [0.2, 0.25) is 0 Å². The number of halogens is 4. The molecule has 0 fully saturated rings. The van der Waals surface area contributed by atoms with Crippen LogP contribution in [0.1, 0.15) is 32.0 Å². The molecule has 0 radical (unpaired) electrons. The first-order valence-electron chi connectivity index (χ1n) is 6.67. The van der Waals surface area contributed by atoms with Crippen molar-refractivity contribution >= 4 is 0 Å². The van der Waals surface area contributed by atoms with Crippen LogP contribution in [0, 0.1) is 0 Å². The summed E-state index contributed by atoms with van der Waals surface area (Å²) >= 11 is 0. The lowest BCUT2D eigenvalue weighted by Crippen LogP contribution is -2.32. The fourth-order valence-electron chi connectivity index (χ4n) is 1.63. The van der Waals surface area contributed by atoms with Crippen molar-refractivity contribution < 1.29 is 26.8 Å². The topological polar surface area (TPSA) is 60.2 Å². The number of hydrogen-bond donors (Lipinski definition) is 1. The van der Waals surface area contributed by atoms with E-state index >= 15 is 0 Å². The summed E-state index contributed by atoms with van der Waals surface area (Å²) in [6.07, 6.45) is -2.39. The Labute approximate surface area is 120 Å². The van der Waals surface area contributed by atoms with E-state index < -0.39 is 25.6 Å². The Morgan fingerprint density at radius 3 is 2.62 bits per heavy atom. The monoisotopic (exact) mass is 313 g/mol. The Kier molecular flexibility index (Phi) is 7.03. The van der Waals surface area contributed by atoms with E-state index in [1.54, 1.807) is 0 Å². The zero-order valence-electron chi connectivity index (χ0n) is 11.9. The number of likely N-dealkylation sites (N-methyl/N-ethyl adjacent to an activating group) is 1. The number of nitrogens with one attached hydrogen (secondary N) is 1. The van der Waals surface area contributed by atoms with Crippen molar-refractivity contribution in [2.75, 3.05) is 13.2 Å². The standard InChI is InChI=1S/C12H19F4N3O2/c1-3-8(17-4-2)5-10-18-9(19-21-10)6-20-7-12(15,16)11(13)14/h8,11,17H,3-7H2,1-2H3. The van der Waals surface area contributed by atoms with Crippen molar-refractivity contribution in [1.29, 1.82) is 0 Å². The molecule has 1 atom stereocenters. The molecule has 0 saturated carbocycles. The largest absolute Gasteiger partial charge is 0.367 e. The van der Waals surface area contributed by atoms with Crippen molar-refractivity contribution in [1.82, 2.24) is 15.5 Å². The van der Waals surface area contributed by atoms with E-state index in [0.717, 1.165) is 13.0 Å². The molecule has 0 saturated heterocycles. The Balaban J connectivity index is 2.41. The molecule has 0 aromatic carbocycles. The van der Waals surface area contributed by atoms with Crippen LogP contribution in [0.4, 0.5) is 17.6 Å². The zero-order valence-corrected chi connectivity index (χ0v) is 11.9. The molecule has 21 heavy (non-hydrogen) atoms. The lowest BCUT2D eigenvalue weighted by atomic mass is 10.1. The van der Waals surface area contributed by atoms with Gasteiger partial charge in [-0.2, -0.15) is 13.8 Å². The molecule has 1 N–H and O–H groups in total. The number of alkyl halides is 4. The van der Waals surface area contributed by atoms with Gasteiger partial charge in [0.25, 0.3) is 0 Å². The lowest BCUT2D eigenvalue weighted by molar-refractivity contribution is -0.168. The fourth-order valence-corrected chi connectivity index (χ4v) is 1.63. The van der Waals surface area contributed by atoms with Crippen LogP contribution >= 0.6 is 0 Å². The Hall–Kier alpha value is -1.22. The molecule has 9 heteroatoms. The van der Waals surface area contributed by atoms with Gasteiger partial charge in [-0.1, -0.05) is 19.0 Å². The second kappa shape index (κ2) is 8.28. The summed E-state index contributed by atoms with van der Waals surface area (Å²) < 4.78 is 58.5. The molecule has 1 rings (SSSR count). The number of ether oxygens (including phenoxy) is 1. The molecule has 0 bridgehead atoms. The molecule has 0 aliphatic carbocycles. The molecule has 0 aliphatic rings. The van der Waals surface area contributed by atoms with Crippen molar-refractivity contribution in [2.24, 2.45) is 0 Å². The maximum Gasteiger partial charge on any atom is 0.330 e. The minimum absolute atomic E-state index is 0.0569. The molecular formula is C12H19F4N3O2. The number of nitrogens with zero attached hydrogens (tertiary/aromatic N) is 2. The first-order valence-corrected chi connectivity index (χ1v) is 6.67. The van der Waals surface area contributed by atoms with E-state index in [9.17, 15) is 17.6 Å². The molecule has 1 unspecified atom stereocenters. The van der Waals surface area contributed by atoms with Crippen LogP contribution in [0.25, 0.3) is 0 Å². The molecule has 1 aromatic heterocycles. The predicted octanol–water partition coefficient (Wildman–Crippen LogP) is 2.42. The number of hydrogen-bond acceptors (Lipinski definition) is 5. The van der Waals surface area contributed by atoms with Gasteiger partial charge >= 0.3 is 12.3 Å². The highest BCUT2D eigenvalue weighted by atomic mass is 19.3. The van der Waals surface area contributed by atoms with E-state index in [4.69, 9.17) is 4.52 Å². The highest BCUT2D eigenvalue weighted by Gasteiger charge is 2.41. The van der Waals surface area contributed by atoms with Gasteiger partial charge < -0.3 is 14.6 Å². The van der Waals surface area contributed by atoms with Crippen molar-refractivity contribution in [3.63, 3.8) is 0 Å². The molecule has 0 amide bonds. The summed E-state index contributed by atoms with van der Waals surface area (Å²) in [6.45, 7) is 2.98. The second-order valence-corrected chi connectivity index (χ2v) is 4.53. The molecule has 1 heterocycles. The average Bonchev–Trinajstić information content (AvgIpc) is 2.85. The van der Waals surface area contributed by atoms with E-state index in [1.165, 1.54) is 0 Å². The second-order valence-electron chi connectivity index (χ2n) is 4.53. The van der Waals surface area contributed by atoms with Crippen molar-refractivity contribution in [3.05, 3.63) is 11.7 Å². The summed E-state index contributed by atoms with van der Waals surface area (Å²) in [4.78, 5) is 3.97. The lowest BCUT2D eigenvalue weighted by Gasteiger charge is -2.14. The highest BCUT2D eigenvalue weighted by molar-refractivity contribution is 4.88. The summed E-state index contributed by atoms with van der Waals surface area (Å²) in [5.41, 5.74) is 0. The van der Waals surface area contributed by atoms with Gasteiger partial charge in [-0.15, -0.1) is 0 Å². The van der Waals surface area contributed by atoms with Crippen LogP contribution in [-0.2, 0) is 17.8 Å². The van der Waals surface area contributed by atoms with Crippen LogP contribution in [0.3, 0.4) is 0 Å². The van der Waals surface area contributed by atoms with Gasteiger partial charge in [-0.05, 0) is 13.0 Å². The van der Waals surface area contributed by atoms with Gasteiger partial charge in [0.05, 0.1) is 0 Å². The van der Waals surface area contributed by atoms with E-state index in [0.29, 0.717) is 12.3 Å². The molecule has 122 valence electrons. The van der Waals surface area contributed by atoms with Gasteiger partial charge in [-0.25, -0.2) is 8.78 Å². The number of aromatic nitrogens is 2. The van der Waals surface area contributed by atoms with Crippen LogP contribution in [-0.4, -0.2) is 41.7 Å². The summed E-state index contributed by atoms with van der Waals surface area (Å²) in [5.74, 6) is -3.77. The first kappa shape index (κ1) is 17.8. The molecule has 0 aliphatic heterocycles. The van der Waals surface area contributed by atoms with Crippen LogP contribution in [0.5, 0.6) is 0 Å². The van der Waals surface area contributed by atoms with E-state index in [1.807, 2.05) is 13.8 Å². The maximum atomic E-state index is 12.6. The molecule has 5 nitrogen and oxygen atoms in total. The normalized spacial score (nSPS) is 13.9. The highest BCUT2D eigenvalue weighted by Crippen LogP contribution is 2.23. The third kappa shape index (κ3) is 5.96. The quantitative estimate of drug-likeness (QED) is 0.672. The van der Waals surface area contributed by atoms with Gasteiger partial charge in [0.1, 0.15) is 13.2 Å².